The van der Waals surface area contributed by atoms with Gasteiger partial charge in [-0.1, -0.05) is 24.3 Å². The number of hydrogen-bond donors (Lipinski definition) is 1. The number of ether oxygens (including phenoxy) is 2. The number of carbonyl (C=O) groups is 2. The number of carbonyl (C=O) groups excluding carboxylic acids is 1. The summed E-state index contributed by atoms with van der Waals surface area (Å²) < 4.78 is 10.4. The Kier molecular flexibility index (Phi) is 7.03. The number of benzene rings is 1. The van der Waals surface area contributed by atoms with Crippen LogP contribution in [0.15, 0.2) is 24.3 Å². The van der Waals surface area contributed by atoms with Gasteiger partial charge in [0.05, 0.1) is 13.0 Å². The Balaban J connectivity index is 2.76. The van der Waals surface area contributed by atoms with Crippen molar-refractivity contribution in [2.45, 2.75) is 39.3 Å². The van der Waals surface area contributed by atoms with Crippen molar-refractivity contribution in [3.05, 3.63) is 35.4 Å². The number of rotatable bonds is 7. The van der Waals surface area contributed by atoms with Crippen molar-refractivity contribution in [3.63, 3.8) is 0 Å². The molecule has 0 aliphatic rings. The molecule has 6 nitrogen and oxygen atoms in total. The molecule has 1 aromatic carbocycles. The minimum absolute atomic E-state index is 0.0142. The third-order valence-corrected chi connectivity index (χ3v) is 2.97. The molecule has 0 heterocycles. The zero-order valence-electron chi connectivity index (χ0n) is 14.2. The summed E-state index contributed by atoms with van der Waals surface area (Å²) in [7, 11) is 1.58. The lowest BCUT2D eigenvalue weighted by molar-refractivity contribution is -0.136. The SMILES string of the molecule is COCCN(Cc1ccc(CC(=O)O)cc1)C(=O)OC(C)(C)C. The van der Waals surface area contributed by atoms with Crippen LogP contribution in [0.5, 0.6) is 0 Å². The molecule has 0 saturated carbocycles. The first kappa shape index (κ1) is 19.0. The zero-order chi connectivity index (χ0) is 17.5. The van der Waals surface area contributed by atoms with Gasteiger partial charge in [0, 0.05) is 20.2 Å². The summed E-state index contributed by atoms with van der Waals surface area (Å²) in [5.74, 6) is -0.867. The van der Waals surface area contributed by atoms with E-state index >= 15 is 0 Å². The lowest BCUT2D eigenvalue weighted by atomic mass is 10.1. The Labute approximate surface area is 137 Å². The molecule has 1 aromatic rings. The number of amides is 1. The summed E-state index contributed by atoms with van der Waals surface area (Å²) in [6, 6.07) is 7.16. The highest BCUT2D eigenvalue weighted by Gasteiger charge is 2.22. The molecule has 23 heavy (non-hydrogen) atoms. The maximum absolute atomic E-state index is 12.3. The molecule has 1 amide bonds. The first-order chi connectivity index (χ1) is 10.7. The average molecular weight is 323 g/mol. The van der Waals surface area contributed by atoms with Crippen LogP contribution in [0.25, 0.3) is 0 Å². The molecule has 0 atom stereocenters. The van der Waals surface area contributed by atoms with Gasteiger partial charge in [0.15, 0.2) is 0 Å². The van der Waals surface area contributed by atoms with E-state index < -0.39 is 17.7 Å². The van der Waals surface area contributed by atoms with E-state index in [1.165, 1.54) is 0 Å². The molecule has 0 fully saturated rings. The standard InChI is InChI=1S/C17H25NO5/c1-17(2,3)23-16(21)18(9-10-22-4)12-14-7-5-13(6-8-14)11-15(19)20/h5-8H,9-12H2,1-4H3,(H,19,20). The van der Waals surface area contributed by atoms with E-state index in [1.807, 2.05) is 32.9 Å². The van der Waals surface area contributed by atoms with Crippen LogP contribution in [0.4, 0.5) is 4.79 Å². The molecule has 1 rings (SSSR count). The van der Waals surface area contributed by atoms with E-state index in [0.29, 0.717) is 19.7 Å². The quantitative estimate of drug-likeness (QED) is 0.835. The smallest absolute Gasteiger partial charge is 0.410 e. The highest BCUT2D eigenvalue weighted by Crippen LogP contribution is 2.13. The van der Waals surface area contributed by atoms with Crippen molar-refractivity contribution in [3.8, 4) is 0 Å². The molecule has 0 bridgehead atoms. The van der Waals surface area contributed by atoms with Gasteiger partial charge in [-0.3, -0.25) is 4.79 Å². The monoisotopic (exact) mass is 323 g/mol. The van der Waals surface area contributed by atoms with Crippen molar-refractivity contribution in [1.82, 2.24) is 4.90 Å². The highest BCUT2D eigenvalue weighted by atomic mass is 16.6. The van der Waals surface area contributed by atoms with Gasteiger partial charge in [0.2, 0.25) is 0 Å². The van der Waals surface area contributed by atoms with E-state index in [0.717, 1.165) is 11.1 Å². The maximum Gasteiger partial charge on any atom is 0.410 e. The van der Waals surface area contributed by atoms with Gasteiger partial charge in [-0.2, -0.15) is 0 Å². The number of hydrogen-bond acceptors (Lipinski definition) is 4. The van der Waals surface area contributed by atoms with Crippen molar-refractivity contribution in [2.24, 2.45) is 0 Å². The van der Waals surface area contributed by atoms with E-state index in [1.54, 1.807) is 24.1 Å². The second-order valence-electron chi connectivity index (χ2n) is 6.28. The van der Waals surface area contributed by atoms with Crippen LogP contribution >= 0.6 is 0 Å². The molecule has 0 spiro atoms. The summed E-state index contributed by atoms with van der Waals surface area (Å²) in [4.78, 5) is 24.5. The van der Waals surface area contributed by atoms with Crippen LogP contribution in [-0.2, 0) is 27.2 Å². The second kappa shape index (κ2) is 8.53. The fourth-order valence-corrected chi connectivity index (χ4v) is 1.92. The predicted octanol–water partition coefficient (Wildman–Crippen LogP) is 2.70. The maximum atomic E-state index is 12.3. The fourth-order valence-electron chi connectivity index (χ4n) is 1.92. The molecule has 0 aliphatic carbocycles. The Morgan fingerprint density at radius 2 is 1.70 bits per heavy atom. The molecule has 0 radical (unpaired) electrons. The van der Waals surface area contributed by atoms with E-state index in [2.05, 4.69) is 0 Å². The van der Waals surface area contributed by atoms with Gasteiger partial charge < -0.3 is 19.5 Å². The number of methoxy groups -OCH3 is 1. The average Bonchev–Trinajstić information content (AvgIpc) is 2.42. The molecule has 0 aromatic heterocycles. The first-order valence-corrected chi connectivity index (χ1v) is 7.48. The minimum atomic E-state index is -0.867. The topological polar surface area (TPSA) is 76.1 Å². The van der Waals surface area contributed by atoms with Gasteiger partial charge in [-0.15, -0.1) is 0 Å². The number of aliphatic carboxylic acids is 1. The second-order valence-corrected chi connectivity index (χ2v) is 6.28. The Hall–Kier alpha value is -2.08. The Morgan fingerprint density at radius 1 is 1.13 bits per heavy atom. The summed E-state index contributed by atoms with van der Waals surface area (Å²) in [5.41, 5.74) is 1.07. The van der Waals surface area contributed by atoms with Crippen molar-refractivity contribution in [1.29, 1.82) is 0 Å². The molecular weight excluding hydrogens is 298 g/mol. The van der Waals surface area contributed by atoms with Crippen LogP contribution in [-0.4, -0.2) is 47.9 Å². The summed E-state index contributed by atoms with van der Waals surface area (Å²) in [6.07, 6.45) is -0.413. The molecule has 1 N–H and O–H groups in total. The first-order valence-electron chi connectivity index (χ1n) is 7.48. The molecule has 0 aliphatic heterocycles. The third kappa shape index (κ3) is 7.65. The van der Waals surface area contributed by atoms with Gasteiger partial charge in [0.1, 0.15) is 5.60 Å². The molecular formula is C17H25NO5. The minimum Gasteiger partial charge on any atom is -0.481 e. The highest BCUT2D eigenvalue weighted by molar-refractivity contribution is 5.70. The zero-order valence-corrected chi connectivity index (χ0v) is 14.2. The van der Waals surface area contributed by atoms with E-state index in [4.69, 9.17) is 14.6 Å². The summed E-state index contributed by atoms with van der Waals surface area (Å²) >= 11 is 0. The van der Waals surface area contributed by atoms with E-state index in [9.17, 15) is 9.59 Å². The van der Waals surface area contributed by atoms with Crippen molar-refractivity contribution < 1.29 is 24.2 Å². The largest absolute Gasteiger partial charge is 0.481 e. The summed E-state index contributed by atoms with van der Waals surface area (Å²) in [6.45, 7) is 6.67. The molecule has 6 heteroatoms. The normalized spacial score (nSPS) is 11.1. The van der Waals surface area contributed by atoms with Gasteiger partial charge in [-0.05, 0) is 31.9 Å². The fraction of sp³-hybridized carbons (Fsp3) is 0.529. The van der Waals surface area contributed by atoms with Gasteiger partial charge in [-0.25, -0.2) is 4.79 Å². The number of carboxylic acid groups (broad SMARTS) is 1. The molecule has 128 valence electrons. The van der Waals surface area contributed by atoms with Crippen LogP contribution in [0.1, 0.15) is 31.9 Å². The van der Waals surface area contributed by atoms with Gasteiger partial charge >= 0.3 is 12.1 Å². The van der Waals surface area contributed by atoms with Crippen LogP contribution in [0.3, 0.4) is 0 Å². The summed E-state index contributed by atoms with van der Waals surface area (Å²) in [5, 5.41) is 8.78. The molecule has 0 unspecified atom stereocenters. The van der Waals surface area contributed by atoms with Crippen molar-refractivity contribution >= 4 is 12.1 Å². The number of nitrogens with zero attached hydrogens (tertiary/aromatic N) is 1. The Bertz CT molecular complexity index is 519. The lowest BCUT2D eigenvalue weighted by Gasteiger charge is -2.27. The lowest BCUT2D eigenvalue weighted by Crippen LogP contribution is -2.38. The van der Waals surface area contributed by atoms with Gasteiger partial charge in [0.25, 0.3) is 0 Å². The Morgan fingerprint density at radius 3 is 2.17 bits per heavy atom. The van der Waals surface area contributed by atoms with Crippen molar-refractivity contribution in [2.75, 3.05) is 20.3 Å². The number of carboxylic acids is 1. The van der Waals surface area contributed by atoms with Crippen LogP contribution < -0.4 is 0 Å². The molecule has 0 saturated heterocycles. The van der Waals surface area contributed by atoms with Crippen LogP contribution in [0, 0.1) is 0 Å². The van der Waals surface area contributed by atoms with E-state index in [-0.39, 0.29) is 6.42 Å². The third-order valence-electron chi connectivity index (χ3n) is 2.97. The van der Waals surface area contributed by atoms with Crippen LogP contribution in [0.2, 0.25) is 0 Å². The predicted molar refractivity (Wildman–Crippen MR) is 86.3 cm³/mol.